The summed E-state index contributed by atoms with van der Waals surface area (Å²) < 4.78 is 14.9. The van der Waals surface area contributed by atoms with E-state index in [0.29, 0.717) is 15.5 Å². The molecule has 29 heavy (non-hydrogen) atoms. The number of aromatic amines is 1. The Bertz CT molecular complexity index is 623. The van der Waals surface area contributed by atoms with Crippen molar-refractivity contribution in [3.05, 3.63) is 28.7 Å². The average Bonchev–Trinajstić information content (AvgIpc) is 3.20. The number of hydrogen-bond acceptors (Lipinski definition) is 1. The first-order valence-electron chi connectivity index (χ1n) is 11.2. The van der Waals surface area contributed by atoms with E-state index in [-0.39, 0.29) is 10.5 Å². The van der Waals surface area contributed by atoms with Crippen molar-refractivity contribution in [2.75, 3.05) is 26.2 Å². The summed E-state index contributed by atoms with van der Waals surface area (Å²) in [5.41, 5.74) is 0.575. The number of aromatic nitrogens is 2. The summed E-state index contributed by atoms with van der Waals surface area (Å²) in [6.07, 6.45) is 14.2. The Hall–Kier alpha value is -1.01. The Morgan fingerprint density at radius 1 is 0.897 bits per heavy atom. The predicted octanol–water partition coefficient (Wildman–Crippen LogP) is 4.47. The summed E-state index contributed by atoms with van der Waals surface area (Å²) >= 11 is 3.05. The van der Waals surface area contributed by atoms with E-state index in [0.717, 1.165) is 0 Å². The number of pyridine rings is 1. The van der Waals surface area contributed by atoms with Gasteiger partial charge in [-0.05, 0) is 47.7 Å². The third kappa shape index (κ3) is 9.56. The molecule has 1 N–H and O–H groups in total. The molecule has 0 atom stereocenters. The Balaban J connectivity index is 0.000000560. The monoisotopic (exact) mass is 475 g/mol. The van der Waals surface area contributed by atoms with Gasteiger partial charge in [0.1, 0.15) is 11.5 Å². The maximum absolute atomic E-state index is 13.1. The van der Waals surface area contributed by atoms with Crippen molar-refractivity contribution in [1.29, 1.82) is 0 Å². The number of hydrogen-bond donors (Lipinski definition) is 1. The summed E-state index contributed by atoms with van der Waals surface area (Å²) in [6, 6.07) is 1.66. The lowest BCUT2D eigenvalue weighted by atomic mass is 10.1. The highest BCUT2D eigenvalue weighted by atomic mass is 79.9. The second-order valence-corrected chi connectivity index (χ2v) is 8.66. The SMILES string of the molecule is CCCC[N+](CCCC)(CCCC)CCCC.Fc1c(Br)cnc2[nH]ccc12.[F-]. The van der Waals surface area contributed by atoms with Gasteiger partial charge >= 0.3 is 0 Å². The smallest absolute Gasteiger partial charge is 0.149 e. The maximum atomic E-state index is 13.1. The van der Waals surface area contributed by atoms with Gasteiger partial charge in [0.05, 0.1) is 36.0 Å². The summed E-state index contributed by atoms with van der Waals surface area (Å²) in [4.78, 5) is 6.77. The average molecular weight is 476 g/mol. The van der Waals surface area contributed by atoms with Crippen molar-refractivity contribution in [1.82, 2.24) is 9.97 Å². The van der Waals surface area contributed by atoms with Gasteiger partial charge in [0.2, 0.25) is 0 Å². The van der Waals surface area contributed by atoms with E-state index in [1.54, 1.807) is 12.3 Å². The Morgan fingerprint density at radius 3 is 1.76 bits per heavy atom. The highest BCUT2D eigenvalue weighted by Crippen LogP contribution is 2.21. The molecule has 0 saturated carbocycles. The Labute approximate surface area is 184 Å². The molecule has 0 radical (unpaired) electrons. The molecule has 3 nitrogen and oxygen atoms in total. The van der Waals surface area contributed by atoms with Crippen LogP contribution in [0.4, 0.5) is 4.39 Å². The molecule has 0 bridgehead atoms. The van der Waals surface area contributed by atoms with Gasteiger partial charge in [-0.2, -0.15) is 0 Å². The molecular weight excluding hydrogens is 436 g/mol. The summed E-state index contributed by atoms with van der Waals surface area (Å²) in [5.74, 6) is -0.267. The first-order chi connectivity index (χ1) is 13.5. The quantitative estimate of drug-likeness (QED) is 0.450. The maximum Gasteiger partial charge on any atom is 0.149 e. The van der Waals surface area contributed by atoms with Crippen LogP contribution in [0, 0.1) is 5.82 Å². The van der Waals surface area contributed by atoms with Crippen molar-refractivity contribution in [2.24, 2.45) is 0 Å². The van der Waals surface area contributed by atoms with Crippen LogP contribution in [-0.2, 0) is 0 Å². The Morgan fingerprint density at radius 2 is 1.34 bits per heavy atom. The van der Waals surface area contributed by atoms with Gasteiger partial charge in [-0.25, -0.2) is 9.37 Å². The zero-order valence-corrected chi connectivity index (χ0v) is 20.3. The fourth-order valence-electron chi connectivity index (χ4n) is 3.60. The van der Waals surface area contributed by atoms with Crippen molar-refractivity contribution < 1.29 is 13.6 Å². The topological polar surface area (TPSA) is 28.7 Å². The number of fused-ring (bicyclic) bond motifs is 1. The van der Waals surface area contributed by atoms with Crippen LogP contribution in [0.2, 0.25) is 0 Å². The van der Waals surface area contributed by atoms with Crippen LogP contribution in [0.5, 0.6) is 0 Å². The second kappa shape index (κ2) is 15.8. The van der Waals surface area contributed by atoms with Crippen LogP contribution >= 0.6 is 15.9 Å². The minimum absolute atomic E-state index is 0. The minimum Gasteiger partial charge on any atom is -1.00 e. The van der Waals surface area contributed by atoms with E-state index in [2.05, 4.69) is 53.6 Å². The molecule has 2 aromatic rings. The van der Waals surface area contributed by atoms with Crippen LogP contribution < -0.4 is 4.70 Å². The zero-order chi connectivity index (χ0) is 20.8. The van der Waals surface area contributed by atoms with Gasteiger partial charge in [-0.15, -0.1) is 0 Å². The molecule has 0 aromatic carbocycles. The fourth-order valence-corrected chi connectivity index (χ4v) is 3.91. The standard InChI is InChI=1S/C16H36N.C7H4BrFN2.FH/c1-5-9-13-17(14-10-6-2,15-11-7-3)16-12-8-4;8-5-3-11-7-4(6(5)9)1-2-10-7;/h5-16H2,1-4H3;1-3H,(H,10,11);1H/q+1;;/p-1. The van der Waals surface area contributed by atoms with Gasteiger partial charge < -0.3 is 14.2 Å². The molecule has 0 aliphatic heterocycles. The van der Waals surface area contributed by atoms with Gasteiger partial charge in [-0.1, -0.05) is 53.4 Å². The van der Waals surface area contributed by atoms with Crippen molar-refractivity contribution in [2.45, 2.75) is 79.1 Å². The molecule has 0 saturated heterocycles. The van der Waals surface area contributed by atoms with Gasteiger partial charge in [0.15, 0.2) is 0 Å². The number of H-pyrrole nitrogens is 1. The fraction of sp³-hybridized carbons (Fsp3) is 0.696. The third-order valence-electron chi connectivity index (χ3n) is 5.42. The summed E-state index contributed by atoms with van der Waals surface area (Å²) in [5, 5.41) is 0.513. The molecule has 2 rings (SSSR count). The normalized spacial score (nSPS) is 11.1. The second-order valence-electron chi connectivity index (χ2n) is 7.81. The van der Waals surface area contributed by atoms with Crippen LogP contribution in [-0.4, -0.2) is 40.6 Å². The first kappa shape index (κ1) is 28.0. The molecule has 0 aliphatic carbocycles. The molecule has 2 heterocycles. The van der Waals surface area contributed by atoms with Crippen LogP contribution in [0.3, 0.4) is 0 Å². The van der Waals surface area contributed by atoms with E-state index < -0.39 is 0 Å². The van der Waals surface area contributed by atoms with E-state index >= 15 is 0 Å². The number of quaternary nitrogens is 1. The van der Waals surface area contributed by atoms with Crippen molar-refractivity contribution in [3.63, 3.8) is 0 Å². The number of rotatable bonds is 12. The van der Waals surface area contributed by atoms with E-state index in [4.69, 9.17) is 0 Å². The molecule has 0 unspecified atom stereocenters. The zero-order valence-electron chi connectivity index (χ0n) is 18.7. The lowest BCUT2D eigenvalue weighted by Crippen LogP contribution is -3.00. The molecule has 0 spiro atoms. The molecule has 6 heteroatoms. The van der Waals surface area contributed by atoms with Gasteiger partial charge in [0, 0.05) is 12.4 Å². The highest BCUT2D eigenvalue weighted by molar-refractivity contribution is 9.10. The number of unbranched alkanes of at least 4 members (excludes halogenated alkanes) is 4. The van der Waals surface area contributed by atoms with Gasteiger partial charge in [-0.3, -0.25) is 0 Å². The lowest BCUT2D eigenvalue weighted by Gasteiger charge is -2.39. The predicted molar refractivity (Wildman–Crippen MR) is 123 cm³/mol. The third-order valence-corrected chi connectivity index (χ3v) is 5.98. The first-order valence-corrected chi connectivity index (χ1v) is 11.9. The van der Waals surface area contributed by atoms with Crippen LogP contribution in [0.15, 0.2) is 22.9 Å². The largest absolute Gasteiger partial charge is 1.00 e. The van der Waals surface area contributed by atoms with E-state index in [9.17, 15) is 4.39 Å². The Kier molecular flexibility index (Phi) is 15.2. The minimum atomic E-state index is -0.267. The summed E-state index contributed by atoms with van der Waals surface area (Å²) in [7, 11) is 0. The van der Waals surface area contributed by atoms with Crippen molar-refractivity contribution >= 4 is 27.0 Å². The molecule has 0 fully saturated rings. The lowest BCUT2D eigenvalue weighted by molar-refractivity contribution is -0.929. The van der Waals surface area contributed by atoms with Crippen LogP contribution in [0.25, 0.3) is 11.0 Å². The molecule has 2 aromatic heterocycles. The van der Waals surface area contributed by atoms with Crippen LogP contribution in [0.1, 0.15) is 79.1 Å². The summed E-state index contributed by atoms with van der Waals surface area (Å²) in [6.45, 7) is 15.0. The molecule has 0 aliphatic rings. The van der Waals surface area contributed by atoms with Crippen molar-refractivity contribution in [3.8, 4) is 0 Å². The van der Waals surface area contributed by atoms with Gasteiger partial charge in [0.25, 0.3) is 0 Å². The number of nitrogens with zero attached hydrogens (tertiary/aromatic N) is 2. The number of halogens is 3. The molecule has 168 valence electrons. The molecular formula is C23H40BrF2N3. The number of nitrogens with one attached hydrogen (secondary N) is 1. The van der Waals surface area contributed by atoms with E-state index in [1.807, 2.05) is 0 Å². The molecule has 0 amide bonds. The van der Waals surface area contributed by atoms with E-state index in [1.165, 1.54) is 88.2 Å². The highest BCUT2D eigenvalue weighted by Gasteiger charge is 2.24.